The summed E-state index contributed by atoms with van der Waals surface area (Å²) in [6.45, 7) is 0. The molecule has 1 aromatic carbocycles. The highest BCUT2D eigenvalue weighted by atomic mass is 35.5. The van der Waals surface area contributed by atoms with Crippen molar-refractivity contribution in [2.24, 2.45) is 0 Å². The molecule has 1 N–H and O–H groups in total. The Morgan fingerprint density at radius 2 is 2.33 bits per heavy atom. The molecule has 2 nitrogen and oxygen atoms in total. The molecule has 1 aliphatic carbocycles. The van der Waals surface area contributed by atoms with Crippen molar-refractivity contribution in [2.75, 3.05) is 0 Å². The Hall–Kier alpha value is -1.02. The molecule has 0 fully saturated rings. The van der Waals surface area contributed by atoms with E-state index in [4.69, 9.17) is 16.7 Å². The average molecular weight is 183 g/mol. The minimum absolute atomic E-state index is 0.335. The fraction of sp³-hybridized carbons (Fsp3) is 0.222. The molecular formula is C9H7ClO2. The Morgan fingerprint density at radius 3 is 3.00 bits per heavy atom. The molecule has 0 spiro atoms. The molecule has 0 heterocycles. The van der Waals surface area contributed by atoms with Crippen LogP contribution >= 0.6 is 11.6 Å². The molecule has 0 amide bonds. The monoisotopic (exact) mass is 182 g/mol. The smallest absolute Gasteiger partial charge is 0.311 e. The van der Waals surface area contributed by atoms with E-state index >= 15 is 0 Å². The largest absolute Gasteiger partial charge is 0.481 e. The highest BCUT2D eigenvalue weighted by Gasteiger charge is 2.31. The minimum Gasteiger partial charge on any atom is -0.481 e. The Morgan fingerprint density at radius 1 is 1.58 bits per heavy atom. The normalized spacial score (nSPS) is 19.6. The van der Waals surface area contributed by atoms with E-state index in [1.54, 1.807) is 12.1 Å². The van der Waals surface area contributed by atoms with Gasteiger partial charge in [-0.05, 0) is 29.7 Å². The van der Waals surface area contributed by atoms with Crippen molar-refractivity contribution >= 4 is 17.6 Å². The molecule has 1 aromatic rings. The van der Waals surface area contributed by atoms with Crippen molar-refractivity contribution in [3.8, 4) is 0 Å². The quantitative estimate of drug-likeness (QED) is 0.722. The first-order valence-corrected chi connectivity index (χ1v) is 4.07. The van der Waals surface area contributed by atoms with Gasteiger partial charge in [-0.15, -0.1) is 0 Å². The summed E-state index contributed by atoms with van der Waals surface area (Å²) < 4.78 is 0. The zero-order valence-corrected chi connectivity index (χ0v) is 7.01. The van der Waals surface area contributed by atoms with E-state index in [-0.39, 0.29) is 5.92 Å². The van der Waals surface area contributed by atoms with Gasteiger partial charge in [-0.3, -0.25) is 4.79 Å². The van der Waals surface area contributed by atoms with Crippen LogP contribution in [0.25, 0.3) is 0 Å². The van der Waals surface area contributed by atoms with Crippen LogP contribution in [-0.4, -0.2) is 11.1 Å². The average Bonchev–Trinajstić information content (AvgIpc) is 1.95. The highest BCUT2D eigenvalue weighted by Crippen LogP contribution is 2.36. The fourth-order valence-electron chi connectivity index (χ4n) is 1.50. The number of carbonyl (C=O) groups is 1. The van der Waals surface area contributed by atoms with Crippen LogP contribution in [0.5, 0.6) is 0 Å². The molecule has 1 aliphatic rings. The molecule has 12 heavy (non-hydrogen) atoms. The summed E-state index contributed by atoms with van der Waals surface area (Å²) >= 11 is 5.73. The van der Waals surface area contributed by atoms with E-state index in [9.17, 15) is 4.79 Å². The van der Waals surface area contributed by atoms with Crippen molar-refractivity contribution in [1.82, 2.24) is 0 Å². The SMILES string of the molecule is O=C(O)[C@H]1Cc2ccc(Cl)cc21. The standard InChI is InChI=1S/C9H7ClO2/c10-6-2-1-5-3-8(9(11)12)7(5)4-6/h1-2,4,8H,3H2,(H,11,12)/t8-/m0/s1. The van der Waals surface area contributed by atoms with Crippen molar-refractivity contribution in [1.29, 1.82) is 0 Å². The molecule has 0 radical (unpaired) electrons. The van der Waals surface area contributed by atoms with Gasteiger partial charge in [0.1, 0.15) is 0 Å². The first-order valence-electron chi connectivity index (χ1n) is 3.69. The third-order valence-corrected chi connectivity index (χ3v) is 2.44. The lowest BCUT2D eigenvalue weighted by Crippen LogP contribution is -2.24. The van der Waals surface area contributed by atoms with E-state index in [1.807, 2.05) is 6.07 Å². The topological polar surface area (TPSA) is 37.3 Å². The number of carboxylic acid groups (broad SMARTS) is 1. The van der Waals surface area contributed by atoms with Crippen LogP contribution in [0.2, 0.25) is 5.02 Å². The van der Waals surface area contributed by atoms with Crippen LogP contribution in [0.4, 0.5) is 0 Å². The van der Waals surface area contributed by atoms with Crippen molar-refractivity contribution in [3.63, 3.8) is 0 Å². The second-order valence-corrected chi connectivity index (χ2v) is 3.37. The van der Waals surface area contributed by atoms with Crippen LogP contribution in [0.1, 0.15) is 17.0 Å². The lowest BCUT2D eigenvalue weighted by atomic mass is 9.78. The van der Waals surface area contributed by atoms with Gasteiger partial charge in [0.2, 0.25) is 0 Å². The Kier molecular flexibility index (Phi) is 1.58. The summed E-state index contributed by atoms with van der Waals surface area (Å²) in [7, 11) is 0. The maximum Gasteiger partial charge on any atom is 0.311 e. The fourth-order valence-corrected chi connectivity index (χ4v) is 1.68. The lowest BCUT2D eigenvalue weighted by molar-refractivity contribution is -0.139. The molecule has 2 rings (SSSR count). The molecule has 0 aliphatic heterocycles. The number of hydrogen-bond donors (Lipinski definition) is 1. The number of benzene rings is 1. The van der Waals surface area contributed by atoms with Gasteiger partial charge < -0.3 is 5.11 Å². The van der Waals surface area contributed by atoms with Crippen molar-refractivity contribution in [3.05, 3.63) is 34.3 Å². The summed E-state index contributed by atoms with van der Waals surface area (Å²) in [4.78, 5) is 10.6. The summed E-state index contributed by atoms with van der Waals surface area (Å²) in [5.74, 6) is -1.09. The van der Waals surface area contributed by atoms with E-state index in [2.05, 4.69) is 0 Å². The van der Waals surface area contributed by atoms with Crippen LogP contribution in [0.3, 0.4) is 0 Å². The second-order valence-electron chi connectivity index (χ2n) is 2.94. The second kappa shape index (κ2) is 2.49. The molecule has 0 unspecified atom stereocenters. The maximum atomic E-state index is 10.6. The zero-order chi connectivity index (χ0) is 8.72. The Bertz CT molecular complexity index is 346. The Balaban J connectivity index is 2.39. The van der Waals surface area contributed by atoms with E-state index in [1.165, 1.54) is 0 Å². The van der Waals surface area contributed by atoms with Crippen molar-refractivity contribution < 1.29 is 9.90 Å². The molecule has 1 atom stereocenters. The maximum absolute atomic E-state index is 10.6. The molecule has 0 saturated heterocycles. The third kappa shape index (κ3) is 0.994. The summed E-state index contributed by atoms with van der Waals surface area (Å²) in [6, 6.07) is 5.41. The first kappa shape index (κ1) is 7.62. The molecule has 3 heteroatoms. The number of aliphatic carboxylic acids is 1. The van der Waals surface area contributed by atoms with Gasteiger partial charge in [0.05, 0.1) is 5.92 Å². The van der Waals surface area contributed by atoms with Crippen molar-refractivity contribution in [2.45, 2.75) is 12.3 Å². The number of hydrogen-bond acceptors (Lipinski definition) is 1. The number of carboxylic acids is 1. The number of halogens is 1. The van der Waals surface area contributed by atoms with Gasteiger partial charge in [0.25, 0.3) is 0 Å². The Labute approximate surface area is 74.8 Å². The lowest BCUT2D eigenvalue weighted by Gasteiger charge is -2.26. The van der Waals surface area contributed by atoms with Gasteiger partial charge in [-0.1, -0.05) is 17.7 Å². The van der Waals surface area contributed by atoms with Crippen LogP contribution in [0, 0.1) is 0 Å². The number of rotatable bonds is 1. The van der Waals surface area contributed by atoms with Crippen LogP contribution in [0.15, 0.2) is 18.2 Å². The van der Waals surface area contributed by atoms with E-state index in [0.717, 1.165) is 11.1 Å². The van der Waals surface area contributed by atoms with Crippen LogP contribution < -0.4 is 0 Å². The van der Waals surface area contributed by atoms with Gasteiger partial charge in [0, 0.05) is 5.02 Å². The summed E-state index contributed by atoms with van der Waals surface area (Å²) in [5.41, 5.74) is 1.97. The molecular weight excluding hydrogens is 176 g/mol. The molecule has 0 aromatic heterocycles. The molecule has 0 saturated carbocycles. The predicted molar refractivity (Wildman–Crippen MR) is 45.5 cm³/mol. The number of fused-ring (bicyclic) bond motifs is 1. The van der Waals surface area contributed by atoms with E-state index < -0.39 is 5.97 Å². The summed E-state index contributed by atoms with van der Waals surface area (Å²) in [5, 5.41) is 9.34. The van der Waals surface area contributed by atoms with Gasteiger partial charge >= 0.3 is 5.97 Å². The summed E-state index contributed by atoms with van der Waals surface area (Å²) in [6.07, 6.45) is 0.641. The zero-order valence-electron chi connectivity index (χ0n) is 6.25. The van der Waals surface area contributed by atoms with Crippen LogP contribution in [-0.2, 0) is 11.2 Å². The third-order valence-electron chi connectivity index (χ3n) is 2.21. The minimum atomic E-state index is -0.759. The van der Waals surface area contributed by atoms with E-state index in [0.29, 0.717) is 11.4 Å². The van der Waals surface area contributed by atoms with Gasteiger partial charge in [0.15, 0.2) is 0 Å². The highest BCUT2D eigenvalue weighted by molar-refractivity contribution is 6.30. The first-order chi connectivity index (χ1) is 5.68. The molecule has 62 valence electrons. The van der Waals surface area contributed by atoms with Gasteiger partial charge in [-0.25, -0.2) is 0 Å². The van der Waals surface area contributed by atoms with Gasteiger partial charge in [-0.2, -0.15) is 0 Å². The predicted octanol–water partition coefficient (Wildman–Crippen LogP) is 2.06. The molecule has 0 bridgehead atoms.